The number of halogens is 2. The second-order valence-electron chi connectivity index (χ2n) is 6.01. The fraction of sp³-hybridized carbons (Fsp3) is 0.562. The van der Waals surface area contributed by atoms with Gasteiger partial charge in [-0.05, 0) is 44.7 Å². The summed E-state index contributed by atoms with van der Waals surface area (Å²) < 4.78 is 0. The molecule has 3 atom stereocenters. The summed E-state index contributed by atoms with van der Waals surface area (Å²) in [4.78, 5) is 13.3. The Morgan fingerprint density at radius 2 is 1.95 bits per heavy atom. The van der Waals surface area contributed by atoms with Crippen LogP contribution in [-0.2, 0) is 4.79 Å². The van der Waals surface area contributed by atoms with E-state index in [1.54, 1.807) is 0 Å². The Morgan fingerprint density at radius 3 is 2.59 bits per heavy atom. The summed E-state index contributed by atoms with van der Waals surface area (Å²) in [6.45, 7) is 1.94. The van der Waals surface area contributed by atoms with Gasteiger partial charge in [-0.2, -0.15) is 0 Å². The zero-order chi connectivity index (χ0) is 14.8. The highest BCUT2D eigenvalue weighted by Gasteiger charge is 2.34. The van der Waals surface area contributed by atoms with E-state index in [1.165, 1.54) is 24.6 Å². The van der Waals surface area contributed by atoms with Crippen molar-refractivity contribution >= 4 is 41.7 Å². The average molecular weight is 361 g/mol. The molecule has 0 saturated carbocycles. The van der Waals surface area contributed by atoms with Crippen LogP contribution in [0.3, 0.4) is 0 Å². The highest BCUT2D eigenvalue weighted by Crippen LogP contribution is 2.31. The van der Waals surface area contributed by atoms with Gasteiger partial charge in [-0.1, -0.05) is 23.7 Å². The van der Waals surface area contributed by atoms with Gasteiger partial charge >= 0.3 is 0 Å². The van der Waals surface area contributed by atoms with Crippen molar-refractivity contribution in [2.45, 2.75) is 60.9 Å². The molecule has 6 heteroatoms. The van der Waals surface area contributed by atoms with Gasteiger partial charge in [-0.15, -0.1) is 24.2 Å². The Kier molecular flexibility index (Phi) is 6.45. The summed E-state index contributed by atoms with van der Waals surface area (Å²) >= 11 is 7.68. The molecule has 3 unspecified atom stereocenters. The van der Waals surface area contributed by atoms with Crippen molar-refractivity contribution in [2.24, 2.45) is 0 Å². The summed E-state index contributed by atoms with van der Waals surface area (Å²) in [6, 6.07) is 9.19. The molecule has 1 aromatic rings. The number of carbonyl (C=O) groups excluding carboxylic acids is 1. The van der Waals surface area contributed by atoms with Gasteiger partial charge in [-0.25, -0.2) is 0 Å². The van der Waals surface area contributed by atoms with Gasteiger partial charge in [0.05, 0.1) is 10.3 Å². The first-order chi connectivity index (χ1) is 10.1. The number of piperidine rings is 1. The van der Waals surface area contributed by atoms with Crippen molar-refractivity contribution in [3.8, 4) is 0 Å². The van der Waals surface area contributed by atoms with Crippen molar-refractivity contribution < 1.29 is 4.79 Å². The third kappa shape index (κ3) is 4.31. The van der Waals surface area contributed by atoms with E-state index in [2.05, 4.69) is 10.6 Å². The molecule has 2 bridgehead atoms. The second kappa shape index (κ2) is 7.91. The van der Waals surface area contributed by atoms with Crippen LogP contribution in [0.15, 0.2) is 29.2 Å². The molecule has 0 spiro atoms. The Balaban J connectivity index is 0.00000176. The first-order valence-electron chi connectivity index (χ1n) is 7.59. The van der Waals surface area contributed by atoms with Gasteiger partial charge in [0.2, 0.25) is 5.91 Å². The lowest BCUT2D eigenvalue weighted by molar-refractivity contribution is -0.121. The standard InChI is InChI=1S/C16H21ClN2OS.ClH/c1-10(21-15-5-3-2-4-14(15)17)16(20)19-13-8-11-6-7-12(9-13)18-11;/h2-5,10-13,18H,6-9H2,1H3,(H,19,20);1H. The van der Waals surface area contributed by atoms with Gasteiger partial charge in [-0.3, -0.25) is 4.79 Å². The predicted molar refractivity (Wildman–Crippen MR) is 95.1 cm³/mol. The minimum absolute atomic E-state index is 0. The minimum atomic E-state index is -0.127. The maximum Gasteiger partial charge on any atom is 0.233 e. The molecule has 2 saturated heterocycles. The van der Waals surface area contributed by atoms with Gasteiger partial charge in [0, 0.05) is 23.0 Å². The number of hydrogen-bond acceptors (Lipinski definition) is 3. The Labute approximate surface area is 147 Å². The smallest absolute Gasteiger partial charge is 0.233 e. The molecule has 3 nitrogen and oxygen atoms in total. The molecular weight excluding hydrogens is 339 g/mol. The fourth-order valence-electron chi connectivity index (χ4n) is 3.28. The fourth-order valence-corrected chi connectivity index (χ4v) is 4.44. The first-order valence-corrected chi connectivity index (χ1v) is 8.85. The number of thioether (sulfide) groups is 1. The summed E-state index contributed by atoms with van der Waals surface area (Å²) in [5.74, 6) is 0.117. The van der Waals surface area contributed by atoms with Crippen LogP contribution in [0.1, 0.15) is 32.6 Å². The molecule has 1 amide bonds. The minimum Gasteiger partial charge on any atom is -0.352 e. The van der Waals surface area contributed by atoms with Crippen LogP contribution in [0.4, 0.5) is 0 Å². The van der Waals surface area contributed by atoms with Gasteiger partial charge < -0.3 is 10.6 Å². The molecule has 0 aliphatic carbocycles. The van der Waals surface area contributed by atoms with E-state index < -0.39 is 0 Å². The van der Waals surface area contributed by atoms with Crippen LogP contribution in [-0.4, -0.2) is 29.3 Å². The zero-order valence-electron chi connectivity index (χ0n) is 12.5. The zero-order valence-corrected chi connectivity index (χ0v) is 14.9. The van der Waals surface area contributed by atoms with Crippen LogP contribution < -0.4 is 10.6 Å². The molecule has 2 heterocycles. The van der Waals surface area contributed by atoms with E-state index >= 15 is 0 Å². The Morgan fingerprint density at radius 1 is 1.32 bits per heavy atom. The molecule has 2 aliphatic heterocycles. The van der Waals surface area contributed by atoms with E-state index in [1.807, 2.05) is 31.2 Å². The lowest BCUT2D eigenvalue weighted by atomic mass is 10.00. The number of hydrogen-bond donors (Lipinski definition) is 2. The van der Waals surface area contributed by atoms with Crippen molar-refractivity contribution in [3.63, 3.8) is 0 Å². The molecule has 0 aromatic heterocycles. The predicted octanol–water partition coefficient (Wildman–Crippen LogP) is 3.64. The third-order valence-electron chi connectivity index (χ3n) is 4.33. The highest BCUT2D eigenvalue weighted by molar-refractivity contribution is 8.00. The average Bonchev–Trinajstić information content (AvgIpc) is 2.80. The topological polar surface area (TPSA) is 41.1 Å². The quantitative estimate of drug-likeness (QED) is 0.805. The number of amides is 1. The van der Waals surface area contributed by atoms with Crippen molar-refractivity contribution in [3.05, 3.63) is 29.3 Å². The molecule has 122 valence electrons. The van der Waals surface area contributed by atoms with E-state index in [0.717, 1.165) is 17.7 Å². The molecular formula is C16H22Cl2N2OS. The number of nitrogens with one attached hydrogen (secondary N) is 2. The monoisotopic (exact) mass is 360 g/mol. The van der Waals surface area contributed by atoms with Gasteiger partial charge in [0.1, 0.15) is 0 Å². The number of rotatable bonds is 4. The van der Waals surface area contributed by atoms with Crippen LogP contribution in [0.2, 0.25) is 5.02 Å². The maximum atomic E-state index is 12.4. The van der Waals surface area contributed by atoms with Crippen molar-refractivity contribution in [1.82, 2.24) is 10.6 Å². The molecule has 2 aliphatic rings. The van der Waals surface area contributed by atoms with E-state index in [4.69, 9.17) is 11.6 Å². The largest absolute Gasteiger partial charge is 0.352 e. The molecule has 2 fully saturated rings. The van der Waals surface area contributed by atoms with Gasteiger partial charge in [0.15, 0.2) is 0 Å². The normalized spacial score (nSPS) is 27.8. The van der Waals surface area contributed by atoms with Crippen molar-refractivity contribution in [1.29, 1.82) is 0 Å². The first kappa shape index (κ1) is 17.9. The molecule has 3 rings (SSSR count). The lowest BCUT2D eigenvalue weighted by Gasteiger charge is -2.30. The lowest BCUT2D eigenvalue weighted by Crippen LogP contribution is -2.49. The van der Waals surface area contributed by atoms with E-state index in [9.17, 15) is 4.79 Å². The molecule has 2 N–H and O–H groups in total. The second-order valence-corrected chi connectivity index (χ2v) is 7.80. The summed E-state index contributed by atoms with van der Waals surface area (Å²) in [5, 5.41) is 7.40. The van der Waals surface area contributed by atoms with Gasteiger partial charge in [0.25, 0.3) is 0 Å². The maximum absolute atomic E-state index is 12.4. The van der Waals surface area contributed by atoms with E-state index in [0.29, 0.717) is 23.1 Å². The summed E-state index contributed by atoms with van der Waals surface area (Å²) in [7, 11) is 0. The third-order valence-corrected chi connectivity index (χ3v) is 5.95. The summed E-state index contributed by atoms with van der Waals surface area (Å²) in [6.07, 6.45) is 4.62. The number of carbonyl (C=O) groups is 1. The van der Waals surface area contributed by atoms with Crippen LogP contribution in [0.5, 0.6) is 0 Å². The van der Waals surface area contributed by atoms with Crippen LogP contribution in [0, 0.1) is 0 Å². The highest BCUT2D eigenvalue weighted by atomic mass is 35.5. The molecule has 1 aromatic carbocycles. The SMILES string of the molecule is CC(Sc1ccccc1Cl)C(=O)NC1CC2CCC(C1)N2.Cl. The Bertz CT molecular complexity index is 517. The Hall–Kier alpha value is -0.420. The van der Waals surface area contributed by atoms with E-state index in [-0.39, 0.29) is 23.6 Å². The number of fused-ring (bicyclic) bond motifs is 2. The molecule has 0 radical (unpaired) electrons. The summed E-state index contributed by atoms with van der Waals surface area (Å²) in [5.41, 5.74) is 0. The molecule has 22 heavy (non-hydrogen) atoms. The van der Waals surface area contributed by atoms with Crippen molar-refractivity contribution in [2.75, 3.05) is 0 Å². The van der Waals surface area contributed by atoms with Crippen LogP contribution in [0.25, 0.3) is 0 Å². The number of benzene rings is 1. The van der Waals surface area contributed by atoms with Crippen LogP contribution >= 0.6 is 35.8 Å².